The van der Waals surface area contributed by atoms with Gasteiger partial charge in [-0.1, -0.05) is 6.92 Å². The third-order valence-corrected chi connectivity index (χ3v) is 4.12. The summed E-state index contributed by atoms with van der Waals surface area (Å²) >= 11 is 0. The summed E-state index contributed by atoms with van der Waals surface area (Å²) in [5.41, 5.74) is 0.650. The van der Waals surface area contributed by atoms with Crippen molar-refractivity contribution in [1.82, 2.24) is 30.0 Å². The Labute approximate surface area is 135 Å². The third kappa shape index (κ3) is 3.56. The van der Waals surface area contributed by atoms with Crippen LogP contribution in [0.15, 0.2) is 31.0 Å². The van der Waals surface area contributed by atoms with Gasteiger partial charge in [0.1, 0.15) is 12.7 Å². The van der Waals surface area contributed by atoms with Crippen molar-refractivity contribution in [1.29, 1.82) is 0 Å². The molecule has 2 aromatic heterocycles. The van der Waals surface area contributed by atoms with E-state index in [-0.39, 0.29) is 5.91 Å². The number of amides is 1. The number of rotatable bonds is 5. The van der Waals surface area contributed by atoms with Crippen LogP contribution in [-0.4, -0.2) is 56.2 Å². The summed E-state index contributed by atoms with van der Waals surface area (Å²) in [6.45, 7) is 4.83. The molecule has 1 N–H and O–H groups in total. The molecule has 0 spiro atoms. The average molecular weight is 314 g/mol. The summed E-state index contributed by atoms with van der Waals surface area (Å²) in [6.07, 6.45) is 7.65. The van der Waals surface area contributed by atoms with Crippen LogP contribution in [-0.2, 0) is 0 Å². The molecule has 7 nitrogen and oxygen atoms in total. The summed E-state index contributed by atoms with van der Waals surface area (Å²) in [5, 5.41) is 7.42. The zero-order valence-corrected chi connectivity index (χ0v) is 13.4. The van der Waals surface area contributed by atoms with Crippen LogP contribution in [0, 0.1) is 0 Å². The van der Waals surface area contributed by atoms with Gasteiger partial charge in [0.05, 0.1) is 0 Å². The molecule has 23 heavy (non-hydrogen) atoms. The van der Waals surface area contributed by atoms with Crippen molar-refractivity contribution in [2.45, 2.75) is 32.2 Å². The number of carbonyl (C=O) groups is 1. The van der Waals surface area contributed by atoms with Gasteiger partial charge in [-0.2, -0.15) is 5.10 Å². The monoisotopic (exact) mass is 314 g/mol. The first-order valence-electron chi connectivity index (χ1n) is 8.12. The molecule has 1 amide bonds. The Balaban J connectivity index is 1.83. The van der Waals surface area contributed by atoms with Crippen LogP contribution in [0.25, 0.3) is 5.82 Å². The summed E-state index contributed by atoms with van der Waals surface area (Å²) in [7, 11) is 0. The van der Waals surface area contributed by atoms with E-state index in [4.69, 9.17) is 0 Å². The van der Waals surface area contributed by atoms with Gasteiger partial charge in [-0.3, -0.25) is 4.79 Å². The fourth-order valence-corrected chi connectivity index (χ4v) is 2.98. The van der Waals surface area contributed by atoms with Crippen molar-refractivity contribution >= 4 is 5.91 Å². The number of aromatic nitrogens is 4. The SMILES string of the molecule is CCCN(C(=O)c1ccnc(-n2cncn2)c1)C1CCNCC1. The molecule has 1 fully saturated rings. The predicted molar refractivity (Wildman–Crippen MR) is 86.4 cm³/mol. The Morgan fingerprint density at radius 3 is 2.96 bits per heavy atom. The number of piperidine rings is 1. The van der Waals surface area contributed by atoms with Gasteiger partial charge in [0.15, 0.2) is 5.82 Å². The molecule has 3 rings (SSSR count). The van der Waals surface area contributed by atoms with E-state index in [2.05, 4.69) is 27.3 Å². The molecule has 3 heterocycles. The summed E-state index contributed by atoms with van der Waals surface area (Å²) < 4.78 is 1.56. The quantitative estimate of drug-likeness (QED) is 0.899. The number of hydrogen-bond acceptors (Lipinski definition) is 5. The zero-order valence-electron chi connectivity index (χ0n) is 13.4. The van der Waals surface area contributed by atoms with E-state index < -0.39 is 0 Å². The molecule has 1 aliphatic heterocycles. The Hall–Kier alpha value is -2.28. The maximum atomic E-state index is 13.0. The van der Waals surface area contributed by atoms with E-state index in [0.717, 1.165) is 38.9 Å². The maximum Gasteiger partial charge on any atom is 0.254 e. The van der Waals surface area contributed by atoms with E-state index in [9.17, 15) is 4.79 Å². The first-order chi connectivity index (χ1) is 11.3. The molecule has 0 bridgehead atoms. The van der Waals surface area contributed by atoms with Crippen LogP contribution < -0.4 is 5.32 Å². The summed E-state index contributed by atoms with van der Waals surface area (Å²) in [4.78, 5) is 23.2. The van der Waals surface area contributed by atoms with Crippen molar-refractivity contribution in [3.63, 3.8) is 0 Å². The molecular weight excluding hydrogens is 292 g/mol. The van der Waals surface area contributed by atoms with E-state index in [0.29, 0.717) is 17.4 Å². The van der Waals surface area contributed by atoms with Crippen LogP contribution in [0.2, 0.25) is 0 Å². The second-order valence-corrected chi connectivity index (χ2v) is 5.72. The van der Waals surface area contributed by atoms with Gasteiger partial charge in [0.2, 0.25) is 0 Å². The second kappa shape index (κ2) is 7.32. The van der Waals surface area contributed by atoms with E-state index in [1.165, 1.54) is 6.33 Å². The zero-order chi connectivity index (χ0) is 16.1. The van der Waals surface area contributed by atoms with Crippen molar-refractivity contribution < 1.29 is 4.79 Å². The van der Waals surface area contributed by atoms with Gasteiger partial charge in [-0.25, -0.2) is 14.6 Å². The molecule has 2 aromatic rings. The van der Waals surface area contributed by atoms with Gasteiger partial charge in [-0.15, -0.1) is 0 Å². The van der Waals surface area contributed by atoms with Gasteiger partial charge >= 0.3 is 0 Å². The molecule has 0 unspecified atom stereocenters. The molecule has 0 radical (unpaired) electrons. The topological polar surface area (TPSA) is 75.9 Å². The van der Waals surface area contributed by atoms with Crippen LogP contribution in [0.3, 0.4) is 0 Å². The van der Waals surface area contributed by atoms with Crippen LogP contribution in [0.5, 0.6) is 0 Å². The first kappa shape index (κ1) is 15.6. The molecule has 0 aliphatic carbocycles. The minimum Gasteiger partial charge on any atom is -0.336 e. The number of nitrogens with one attached hydrogen (secondary N) is 1. The van der Waals surface area contributed by atoms with Gasteiger partial charge in [0.25, 0.3) is 5.91 Å². The van der Waals surface area contributed by atoms with Gasteiger partial charge in [-0.05, 0) is 44.5 Å². The van der Waals surface area contributed by atoms with Crippen molar-refractivity contribution in [2.24, 2.45) is 0 Å². The summed E-state index contributed by atoms with van der Waals surface area (Å²) in [5.74, 6) is 0.678. The highest BCUT2D eigenvalue weighted by Crippen LogP contribution is 2.17. The van der Waals surface area contributed by atoms with Gasteiger partial charge < -0.3 is 10.2 Å². The molecule has 7 heteroatoms. The molecule has 0 aromatic carbocycles. The molecule has 122 valence electrons. The third-order valence-electron chi connectivity index (χ3n) is 4.12. The Morgan fingerprint density at radius 2 is 2.26 bits per heavy atom. The van der Waals surface area contributed by atoms with Crippen LogP contribution in [0.1, 0.15) is 36.5 Å². The lowest BCUT2D eigenvalue weighted by molar-refractivity contribution is 0.0642. The standard InChI is InChI=1S/C16H22N6O/c1-2-9-21(14-4-6-17-7-5-14)16(23)13-3-8-19-15(10-13)22-12-18-11-20-22/h3,8,10-12,14,17H,2,4-7,9H2,1H3. The van der Waals surface area contributed by atoms with E-state index >= 15 is 0 Å². The van der Waals surface area contributed by atoms with Crippen LogP contribution >= 0.6 is 0 Å². The smallest absolute Gasteiger partial charge is 0.254 e. The van der Waals surface area contributed by atoms with Crippen LogP contribution in [0.4, 0.5) is 0 Å². The Bertz CT molecular complexity index is 636. The first-order valence-corrected chi connectivity index (χ1v) is 8.12. The molecule has 0 atom stereocenters. The lowest BCUT2D eigenvalue weighted by Gasteiger charge is -2.34. The average Bonchev–Trinajstić information content (AvgIpc) is 3.15. The van der Waals surface area contributed by atoms with E-state index in [1.807, 2.05) is 4.90 Å². The molecule has 1 saturated heterocycles. The number of carbonyl (C=O) groups excluding carboxylic acids is 1. The lowest BCUT2D eigenvalue weighted by Crippen LogP contribution is -2.46. The molecular formula is C16H22N6O. The Morgan fingerprint density at radius 1 is 1.43 bits per heavy atom. The van der Waals surface area contributed by atoms with E-state index in [1.54, 1.807) is 29.3 Å². The number of nitrogens with zero attached hydrogens (tertiary/aromatic N) is 5. The highest BCUT2D eigenvalue weighted by Gasteiger charge is 2.25. The normalized spacial score (nSPS) is 15.5. The minimum absolute atomic E-state index is 0.0718. The summed E-state index contributed by atoms with van der Waals surface area (Å²) in [6, 6.07) is 3.86. The number of hydrogen-bond donors (Lipinski definition) is 1. The largest absolute Gasteiger partial charge is 0.336 e. The Kier molecular flexibility index (Phi) is 4.97. The molecule has 0 saturated carbocycles. The van der Waals surface area contributed by atoms with Gasteiger partial charge in [0, 0.05) is 24.3 Å². The minimum atomic E-state index is 0.0718. The molecule has 1 aliphatic rings. The highest BCUT2D eigenvalue weighted by atomic mass is 16.2. The van der Waals surface area contributed by atoms with Crippen molar-refractivity contribution in [2.75, 3.05) is 19.6 Å². The highest BCUT2D eigenvalue weighted by molar-refractivity contribution is 5.94. The predicted octanol–water partition coefficient (Wildman–Crippen LogP) is 1.27. The fourth-order valence-electron chi connectivity index (χ4n) is 2.98. The number of pyridine rings is 1. The van der Waals surface area contributed by atoms with Crippen molar-refractivity contribution in [3.8, 4) is 5.82 Å². The van der Waals surface area contributed by atoms with Crippen molar-refractivity contribution in [3.05, 3.63) is 36.5 Å². The fraction of sp³-hybridized carbons (Fsp3) is 0.500. The second-order valence-electron chi connectivity index (χ2n) is 5.72. The lowest BCUT2D eigenvalue weighted by atomic mass is 10.0. The maximum absolute atomic E-state index is 13.0.